The maximum atomic E-state index is 13.1. The van der Waals surface area contributed by atoms with Crippen LogP contribution in [0, 0.1) is 5.92 Å². The van der Waals surface area contributed by atoms with Crippen molar-refractivity contribution in [3.05, 3.63) is 53.6 Å². The van der Waals surface area contributed by atoms with Crippen molar-refractivity contribution in [3.8, 4) is 11.1 Å². The molecule has 0 atom stereocenters. The van der Waals surface area contributed by atoms with Gasteiger partial charge < -0.3 is 10.8 Å². The van der Waals surface area contributed by atoms with Gasteiger partial charge in [0.25, 0.3) is 5.91 Å². The Morgan fingerprint density at radius 1 is 1.19 bits per heavy atom. The lowest BCUT2D eigenvalue weighted by Gasteiger charge is -2.36. The molecular weight excluding hydrogens is 478 g/mol. The van der Waals surface area contributed by atoms with Crippen LogP contribution in [-0.4, -0.2) is 67.4 Å². The van der Waals surface area contributed by atoms with Gasteiger partial charge in [0, 0.05) is 56.3 Å². The summed E-state index contributed by atoms with van der Waals surface area (Å²) in [5.41, 5.74) is 12.8. The summed E-state index contributed by atoms with van der Waals surface area (Å²) in [4.78, 5) is 17.9. The van der Waals surface area contributed by atoms with Crippen LogP contribution in [-0.2, 0) is 14.8 Å². The van der Waals surface area contributed by atoms with Crippen molar-refractivity contribution in [3.63, 3.8) is 0 Å². The van der Waals surface area contributed by atoms with Crippen LogP contribution in [0.15, 0.2) is 57.9 Å². The molecule has 1 saturated heterocycles. The van der Waals surface area contributed by atoms with Crippen LogP contribution in [0.2, 0.25) is 0 Å². The molecule has 2 aromatic rings. The molecule has 0 saturated carbocycles. The number of aliphatic hydroxyl groups excluding tert-OH is 1. The average molecular weight is 512 g/mol. The summed E-state index contributed by atoms with van der Waals surface area (Å²) in [6, 6.07) is 12.4. The molecular formula is C26H33N5O4S. The highest BCUT2D eigenvalue weighted by Gasteiger charge is 2.36. The van der Waals surface area contributed by atoms with Gasteiger partial charge in [-0.15, -0.1) is 0 Å². The highest BCUT2D eigenvalue weighted by molar-refractivity contribution is 7.89. The third-order valence-corrected chi connectivity index (χ3v) is 8.13. The molecule has 9 nitrogen and oxygen atoms in total. The second-order valence-electron chi connectivity index (χ2n) is 9.09. The normalized spacial score (nSPS) is 16.4. The summed E-state index contributed by atoms with van der Waals surface area (Å²) >= 11 is 0. The summed E-state index contributed by atoms with van der Waals surface area (Å²) in [7, 11) is -3.63. The number of carbonyl (C=O) groups excluding carboxylic acids is 1. The molecule has 192 valence electrons. The standard InChI is InChI=1S/C26H33N5O4S/c1-3-10-31(28-4-2)26(33)22-11-21-9-8-20(13-24(21)29-25(27)14-22)19-6-5-7-23(12-19)36(34,35)30-15-18(16-30)17-32/h5-9,11-13,18,28,32H,3-4,10,14-17H2,1-2H3,(H2,27,29). The van der Waals surface area contributed by atoms with Crippen molar-refractivity contribution in [1.82, 2.24) is 14.7 Å². The van der Waals surface area contributed by atoms with E-state index in [2.05, 4.69) is 10.4 Å². The molecule has 0 spiro atoms. The Kier molecular flexibility index (Phi) is 7.89. The monoisotopic (exact) mass is 511 g/mol. The molecule has 0 radical (unpaired) electrons. The van der Waals surface area contributed by atoms with Crippen molar-refractivity contribution < 1.29 is 18.3 Å². The van der Waals surface area contributed by atoms with Gasteiger partial charge in [-0.3, -0.25) is 9.80 Å². The molecule has 0 aromatic heterocycles. The van der Waals surface area contributed by atoms with Gasteiger partial charge in [0.15, 0.2) is 0 Å². The number of hydrazine groups is 1. The lowest BCUT2D eigenvalue weighted by Crippen LogP contribution is -2.51. The summed E-state index contributed by atoms with van der Waals surface area (Å²) in [6.07, 6.45) is 2.89. The first kappa shape index (κ1) is 26.0. The molecule has 36 heavy (non-hydrogen) atoms. The first-order valence-electron chi connectivity index (χ1n) is 12.2. The number of rotatable bonds is 9. The van der Waals surface area contributed by atoms with E-state index in [1.165, 1.54) is 4.31 Å². The van der Waals surface area contributed by atoms with Crippen molar-refractivity contribution in [1.29, 1.82) is 0 Å². The van der Waals surface area contributed by atoms with Crippen LogP contribution < -0.4 is 11.2 Å². The van der Waals surface area contributed by atoms with Crippen LogP contribution in [0.3, 0.4) is 0 Å². The van der Waals surface area contributed by atoms with Gasteiger partial charge in [-0.25, -0.2) is 18.8 Å². The van der Waals surface area contributed by atoms with E-state index in [4.69, 9.17) is 5.73 Å². The van der Waals surface area contributed by atoms with Crippen LogP contribution in [0.1, 0.15) is 32.3 Å². The number of benzene rings is 2. The van der Waals surface area contributed by atoms with E-state index in [0.29, 0.717) is 43.3 Å². The van der Waals surface area contributed by atoms with Gasteiger partial charge in [-0.2, -0.15) is 4.31 Å². The molecule has 2 aromatic carbocycles. The van der Waals surface area contributed by atoms with Gasteiger partial charge in [-0.05, 0) is 41.8 Å². The number of amidine groups is 1. The maximum absolute atomic E-state index is 13.1. The molecule has 4 rings (SSSR count). The van der Waals surface area contributed by atoms with Gasteiger partial charge >= 0.3 is 0 Å². The number of hydrogen-bond donors (Lipinski definition) is 3. The number of amides is 1. The molecule has 1 amide bonds. The predicted molar refractivity (Wildman–Crippen MR) is 141 cm³/mol. The van der Waals surface area contributed by atoms with Crippen molar-refractivity contribution in [2.24, 2.45) is 16.6 Å². The average Bonchev–Trinajstić information content (AvgIpc) is 3.00. The molecule has 0 unspecified atom stereocenters. The minimum atomic E-state index is -3.63. The molecule has 10 heteroatoms. The van der Waals surface area contributed by atoms with Crippen molar-refractivity contribution >= 4 is 33.5 Å². The van der Waals surface area contributed by atoms with E-state index >= 15 is 0 Å². The molecule has 4 N–H and O–H groups in total. The number of sulfonamides is 1. The Morgan fingerprint density at radius 3 is 2.64 bits per heavy atom. The van der Waals surface area contributed by atoms with E-state index in [1.807, 2.05) is 44.2 Å². The zero-order chi connectivity index (χ0) is 25.9. The smallest absolute Gasteiger partial charge is 0.264 e. The summed E-state index contributed by atoms with van der Waals surface area (Å²) in [5, 5.41) is 10.8. The topological polar surface area (TPSA) is 128 Å². The Morgan fingerprint density at radius 2 is 1.94 bits per heavy atom. The van der Waals surface area contributed by atoms with Crippen LogP contribution in [0.25, 0.3) is 17.2 Å². The Bertz CT molecular complexity index is 1290. The predicted octanol–water partition coefficient (Wildman–Crippen LogP) is 2.51. The fraction of sp³-hybridized carbons (Fsp3) is 0.385. The van der Waals surface area contributed by atoms with E-state index < -0.39 is 10.0 Å². The van der Waals surface area contributed by atoms with Crippen LogP contribution >= 0.6 is 0 Å². The number of fused-ring (bicyclic) bond motifs is 1. The third-order valence-electron chi connectivity index (χ3n) is 6.30. The van der Waals surface area contributed by atoms with E-state index in [9.17, 15) is 18.3 Å². The van der Waals surface area contributed by atoms with E-state index in [1.54, 1.807) is 23.2 Å². The summed E-state index contributed by atoms with van der Waals surface area (Å²) in [6.45, 7) is 5.82. The molecule has 1 fully saturated rings. The molecule has 2 heterocycles. The first-order valence-corrected chi connectivity index (χ1v) is 13.6. The third kappa shape index (κ3) is 5.36. The quantitative estimate of drug-likeness (QED) is 0.444. The molecule has 2 aliphatic rings. The number of nitrogens with one attached hydrogen (secondary N) is 1. The lowest BCUT2D eigenvalue weighted by atomic mass is 10.0. The van der Waals surface area contributed by atoms with Crippen LogP contribution in [0.5, 0.6) is 0 Å². The van der Waals surface area contributed by atoms with E-state index in [0.717, 1.165) is 23.1 Å². The second-order valence-corrected chi connectivity index (χ2v) is 11.0. The number of aliphatic imine (C=N–C) groups is 1. The number of nitrogens with two attached hydrogens (primary N) is 1. The summed E-state index contributed by atoms with van der Waals surface area (Å²) < 4.78 is 27.4. The Labute approximate surface area is 212 Å². The molecule has 0 bridgehead atoms. The minimum Gasteiger partial charge on any atom is -0.396 e. The molecule has 2 aliphatic heterocycles. The van der Waals surface area contributed by atoms with E-state index in [-0.39, 0.29) is 29.7 Å². The first-order chi connectivity index (χ1) is 17.3. The number of carbonyl (C=O) groups is 1. The summed E-state index contributed by atoms with van der Waals surface area (Å²) in [5.74, 6) is 0.208. The second kappa shape index (κ2) is 10.9. The Balaban J connectivity index is 1.64. The van der Waals surface area contributed by atoms with Crippen molar-refractivity contribution in [2.75, 3.05) is 32.8 Å². The molecule has 0 aliphatic carbocycles. The van der Waals surface area contributed by atoms with Gasteiger partial charge in [0.1, 0.15) is 5.84 Å². The van der Waals surface area contributed by atoms with Crippen LogP contribution in [0.4, 0.5) is 5.69 Å². The maximum Gasteiger partial charge on any atom is 0.264 e. The number of nitrogens with zero attached hydrogens (tertiary/aromatic N) is 3. The highest BCUT2D eigenvalue weighted by Crippen LogP contribution is 2.33. The SMILES string of the molecule is CCCN(NCC)C(=O)C1=Cc2ccc(-c3cccc(S(=O)(=O)N4CC(CO)C4)c3)cc2N=C(N)C1. The fourth-order valence-corrected chi connectivity index (χ4v) is 6.01. The zero-order valence-corrected chi connectivity index (χ0v) is 21.5. The lowest BCUT2D eigenvalue weighted by molar-refractivity contribution is -0.130. The number of hydrogen-bond acceptors (Lipinski definition) is 7. The Hall–Kier alpha value is -3.05. The fourth-order valence-electron chi connectivity index (χ4n) is 4.37. The zero-order valence-electron chi connectivity index (χ0n) is 20.6. The number of aliphatic hydroxyl groups is 1. The highest BCUT2D eigenvalue weighted by atomic mass is 32.2. The van der Waals surface area contributed by atoms with Crippen molar-refractivity contribution in [2.45, 2.75) is 31.6 Å². The van der Waals surface area contributed by atoms with Gasteiger partial charge in [0.2, 0.25) is 10.0 Å². The minimum absolute atomic E-state index is 0.00695. The van der Waals surface area contributed by atoms with Gasteiger partial charge in [0.05, 0.1) is 10.6 Å². The van der Waals surface area contributed by atoms with Gasteiger partial charge in [-0.1, -0.05) is 38.1 Å². The largest absolute Gasteiger partial charge is 0.396 e.